The van der Waals surface area contributed by atoms with Crippen molar-refractivity contribution in [3.8, 4) is 17.2 Å². The number of aromatic nitrogens is 3. The monoisotopic (exact) mass is 622 g/mol. The molecule has 0 aliphatic heterocycles. The molecular formula is C35H38N6O5. The SMILES string of the molecule is COCCOCC(=O)Nc1cc(Oc2ccc(NC(=O)Nc3cc(C(C)(C)C)nn3-c3ccc(C)cc3)c3ccccc23)ccn1. The van der Waals surface area contributed by atoms with Crippen LogP contribution < -0.4 is 20.7 Å². The van der Waals surface area contributed by atoms with E-state index in [-0.39, 0.29) is 17.9 Å². The normalized spacial score (nSPS) is 11.3. The van der Waals surface area contributed by atoms with Crippen molar-refractivity contribution >= 4 is 40.0 Å². The first-order valence-corrected chi connectivity index (χ1v) is 14.9. The van der Waals surface area contributed by atoms with E-state index < -0.39 is 6.03 Å². The number of pyridine rings is 1. The molecule has 0 unspecified atom stereocenters. The zero-order chi connectivity index (χ0) is 32.7. The molecule has 0 saturated carbocycles. The number of anilines is 3. The zero-order valence-corrected chi connectivity index (χ0v) is 26.6. The maximum absolute atomic E-state index is 13.4. The van der Waals surface area contributed by atoms with Crippen LogP contribution in [0.4, 0.5) is 22.1 Å². The topological polar surface area (TPSA) is 129 Å². The molecule has 0 bridgehead atoms. The van der Waals surface area contributed by atoms with Crippen molar-refractivity contribution in [3.05, 3.63) is 96.3 Å². The van der Waals surface area contributed by atoms with Crippen LogP contribution in [0.25, 0.3) is 16.5 Å². The number of carbonyl (C=O) groups excluding carboxylic acids is 2. The van der Waals surface area contributed by atoms with E-state index in [1.165, 1.54) is 0 Å². The lowest BCUT2D eigenvalue weighted by molar-refractivity contribution is -0.121. The molecule has 0 saturated heterocycles. The Hall–Kier alpha value is -5.26. The summed E-state index contributed by atoms with van der Waals surface area (Å²) in [4.78, 5) is 29.8. The molecule has 0 aliphatic rings. The lowest BCUT2D eigenvalue weighted by Crippen LogP contribution is -2.21. The summed E-state index contributed by atoms with van der Waals surface area (Å²) in [6, 6.07) is 24.0. The summed E-state index contributed by atoms with van der Waals surface area (Å²) >= 11 is 0. The van der Waals surface area contributed by atoms with Crippen molar-refractivity contribution in [1.29, 1.82) is 0 Å². The van der Waals surface area contributed by atoms with Gasteiger partial charge in [-0.15, -0.1) is 0 Å². The van der Waals surface area contributed by atoms with Crippen LogP contribution in [0.1, 0.15) is 32.0 Å². The molecule has 0 fully saturated rings. The molecule has 3 aromatic carbocycles. The Morgan fingerprint density at radius 3 is 2.37 bits per heavy atom. The highest BCUT2D eigenvalue weighted by molar-refractivity contribution is 6.07. The summed E-state index contributed by atoms with van der Waals surface area (Å²) in [6.45, 7) is 8.87. The van der Waals surface area contributed by atoms with Gasteiger partial charge in [-0.05, 0) is 37.3 Å². The number of benzene rings is 3. The van der Waals surface area contributed by atoms with Gasteiger partial charge >= 0.3 is 6.03 Å². The molecule has 46 heavy (non-hydrogen) atoms. The summed E-state index contributed by atoms with van der Waals surface area (Å²) in [5.41, 5.74) is 3.22. The largest absolute Gasteiger partial charge is 0.457 e. The molecule has 0 atom stereocenters. The number of amides is 3. The molecule has 11 nitrogen and oxygen atoms in total. The third-order valence-corrected chi connectivity index (χ3v) is 7.02. The van der Waals surface area contributed by atoms with Crippen molar-refractivity contribution in [2.24, 2.45) is 0 Å². The minimum absolute atomic E-state index is 0.116. The minimum Gasteiger partial charge on any atom is -0.457 e. The van der Waals surface area contributed by atoms with Gasteiger partial charge in [-0.2, -0.15) is 5.10 Å². The predicted molar refractivity (Wildman–Crippen MR) is 179 cm³/mol. The Kier molecular flexibility index (Phi) is 9.94. The zero-order valence-electron chi connectivity index (χ0n) is 26.6. The fraction of sp³-hybridized carbons (Fsp3) is 0.257. The van der Waals surface area contributed by atoms with Crippen LogP contribution >= 0.6 is 0 Å². The first-order chi connectivity index (χ1) is 22.1. The Labute approximate surface area is 267 Å². The van der Waals surface area contributed by atoms with E-state index >= 15 is 0 Å². The number of hydrogen-bond donors (Lipinski definition) is 3. The van der Waals surface area contributed by atoms with Gasteiger partial charge in [0.2, 0.25) is 0 Å². The lowest BCUT2D eigenvalue weighted by Gasteiger charge is -2.15. The fourth-order valence-electron chi connectivity index (χ4n) is 4.61. The van der Waals surface area contributed by atoms with Gasteiger partial charge in [0.25, 0.3) is 5.91 Å². The quantitative estimate of drug-likeness (QED) is 0.135. The van der Waals surface area contributed by atoms with E-state index in [0.29, 0.717) is 42.0 Å². The van der Waals surface area contributed by atoms with Gasteiger partial charge in [-0.1, -0.05) is 62.7 Å². The molecule has 0 aliphatic carbocycles. The second-order valence-corrected chi connectivity index (χ2v) is 11.7. The van der Waals surface area contributed by atoms with Crippen LogP contribution in [0.5, 0.6) is 11.5 Å². The molecule has 11 heteroatoms. The van der Waals surface area contributed by atoms with Gasteiger partial charge in [0.1, 0.15) is 29.7 Å². The molecule has 5 rings (SSSR count). The number of aryl methyl sites for hydroxylation is 1. The highest BCUT2D eigenvalue weighted by Gasteiger charge is 2.22. The fourth-order valence-corrected chi connectivity index (χ4v) is 4.61. The number of rotatable bonds is 11. The van der Waals surface area contributed by atoms with Crippen LogP contribution in [0.15, 0.2) is 85.1 Å². The Balaban J connectivity index is 1.33. The smallest absolute Gasteiger partial charge is 0.324 e. The average molecular weight is 623 g/mol. The highest BCUT2D eigenvalue weighted by Crippen LogP contribution is 2.35. The third-order valence-electron chi connectivity index (χ3n) is 7.02. The van der Waals surface area contributed by atoms with Crippen LogP contribution in [0, 0.1) is 6.92 Å². The standard InChI is InChI=1S/C35H38N6O5/c1-23-10-12-24(13-11-23)41-32(21-30(40-41)35(2,3)4)39-34(43)37-28-14-15-29(27-9-7-6-8-26(27)28)46-25-16-17-36-31(20-25)38-33(42)22-45-19-18-44-5/h6-17,20-21H,18-19,22H2,1-5H3,(H,36,38,42)(H2,37,39,43). The van der Waals surface area contributed by atoms with E-state index in [4.69, 9.17) is 19.3 Å². The molecule has 3 amide bonds. The molecule has 0 spiro atoms. The van der Waals surface area contributed by atoms with Gasteiger partial charge in [0.05, 0.1) is 30.3 Å². The van der Waals surface area contributed by atoms with Crippen LogP contribution in [-0.2, 0) is 19.7 Å². The van der Waals surface area contributed by atoms with Crippen molar-refractivity contribution in [2.75, 3.05) is 42.9 Å². The number of nitrogens with zero attached hydrogens (tertiary/aromatic N) is 3. The van der Waals surface area contributed by atoms with E-state index in [1.807, 2.05) is 61.5 Å². The van der Waals surface area contributed by atoms with Crippen molar-refractivity contribution in [3.63, 3.8) is 0 Å². The lowest BCUT2D eigenvalue weighted by atomic mass is 9.92. The number of fused-ring (bicyclic) bond motifs is 1. The summed E-state index contributed by atoms with van der Waals surface area (Å²) in [7, 11) is 1.57. The number of ether oxygens (including phenoxy) is 3. The van der Waals surface area contributed by atoms with Gasteiger partial charge in [0, 0.05) is 41.6 Å². The Bertz CT molecular complexity index is 1830. The van der Waals surface area contributed by atoms with Gasteiger partial charge < -0.3 is 24.8 Å². The van der Waals surface area contributed by atoms with Gasteiger partial charge in [-0.3, -0.25) is 10.1 Å². The van der Waals surface area contributed by atoms with E-state index in [2.05, 4.69) is 41.7 Å². The first kappa shape index (κ1) is 32.1. The maximum Gasteiger partial charge on any atom is 0.324 e. The maximum atomic E-state index is 13.4. The third kappa shape index (κ3) is 8.06. The van der Waals surface area contributed by atoms with Gasteiger partial charge in [-0.25, -0.2) is 14.5 Å². The highest BCUT2D eigenvalue weighted by atomic mass is 16.5. The molecule has 5 aromatic rings. The number of methoxy groups -OCH3 is 1. The van der Waals surface area contributed by atoms with E-state index in [0.717, 1.165) is 27.7 Å². The van der Waals surface area contributed by atoms with Crippen LogP contribution in [0.3, 0.4) is 0 Å². The Morgan fingerprint density at radius 1 is 0.870 bits per heavy atom. The second kappa shape index (κ2) is 14.2. The van der Waals surface area contributed by atoms with Crippen LogP contribution in [-0.4, -0.2) is 53.6 Å². The van der Waals surface area contributed by atoms with Crippen LogP contribution in [0.2, 0.25) is 0 Å². The summed E-state index contributed by atoms with van der Waals surface area (Å²) in [5.74, 6) is 1.60. The van der Waals surface area contributed by atoms with Crippen molar-refractivity contribution in [1.82, 2.24) is 14.8 Å². The summed E-state index contributed by atoms with van der Waals surface area (Å²) < 4.78 is 18.1. The predicted octanol–water partition coefficient (Wildman–Crippen LogP) is 7.06. The number of carbonyl (C=O) groups is 2. The summed E-state index contributed by atoms with van der Waals surface area (Å²) in [5, 5.41) is 15.1. The molecule has 3 N–H and O–H groups in total. The van der Waals surface area contributed by atoms with E-state index in [9.17, 15) is 9.59 Å². The number of hydrogen-bond acceptors (Lipinski definition) is 7. The van der Waals surface area contributed by atoms with E-state index in [1.54, 1.807) is 42.3 Å². The molecule has 2 aromatic heterocycles. The molecule has 0 radical (unpaired) electrons. The number of nitrogens with one attached hydrogen (secondary N) is 3. The van der Waals surface area contributed by atoms with Gasteiger partial charge in [0.15, 0.2) is 0 Å². The molecule has 238 valence electrons. The van der Waals surface area contributed by atoms with Crippen molar-refractivity contribution in [2.45, 2.75) is 33.1 Å². The molecular weight excluding hydrogens is 584 g/mol. The first-order valence-electron chi connectivity index (χ1n) is 14.9. The minimum atomic E-state index is -0.409. The summed E-state index contributed by atoms with van der Waals surface area (Å²) in [6.07, 6.45) is 1.55. The number of urea groups is 1. The van der Waals surface area contributed by atoms with Crippen molar-refractivity contribution < 1.29 is 23.8 Å². The second-order valence-electron chi connectivity index (χ2n) is 11.7. The Morgan fingerprint density at radius 2 is 1.63 bits per heavy atom. The molecule has 2 heterocycles. The average Bonchev–Trinajstić information content (AvgIpc) is 3.45.